The van der Waals surface area contributed by atoms with Gasteiger partial charge >= 0.3 is 0 Å². The molecule has 1 N–H and O–H groups in total. The van der Waals surface area contributed by atoms with Crippen LogP contribution in [0.25, 0.3) is 0 Å². The number of fused-ring (bicyclic) bond motifs is 1. The quantitative estimate of drug-likeness (QED) is 0.778. The molecule has 5 nitrogen and oxygen atoms in total. The van der Waals surface area contributed by atoms with E-state index in [0.717, 1.165) is 36.9 Å². The summed E-state index contributed by atoms with van der Waals surface area (Å²) >= 11 is 0. The van der Waals surface area contributed by atoms with Crippen molar-refractivity contribution < 1.29 is 13.2 Å². The molecule has 1 aliphatic heterocycles. The van der Waals surface area contributed by atoms with Gasteiger partial charge in [-0.2, -0.15) is 0 Å². The van der Waals surface area contributed by atoms with Crippen molar-refractivity contribution in [1.29, 1.82) is 0 Å². The molecule has 1 atom stereocenters. The summed E-state index contributed by atoms with van der Waals surface area (Å²) in [5, 5.41) is 0. The van der Waals surface area contributed by atoms with Crippen molar-refractivity contribution >= 4 is 21.6 Å². The first-order valence-electron chi connectivity index (χ1n) is 9.94. The zero-order valence-electron chi connectivity index (χ0n) is 16.1. The molecule has 1 amide bonds. The molecule has 1 aliphatic carbocycles. The van der Waals surface area contributed by atoms with E-state index in [9.17, 15) is 13.2 Å². The van der Waals surface area contributed by atoms with Crippen molar-refractivity contribution in [2.75, 3.05) is 11.4 Å². The lowest BCUT2D eigenvalue weighted by molar-refractivity contribution is -0.119. The van der Waals surface area contributed by atoms with Gasteiger partial charge in [0.05, 0.1) is 4.90 Å². The lowest BCUT2D eigenvalue weighted by atomic mass is 10.1. The minimum atomic E-state index is -3.58. The van der Waals surface area contributed by atoms with Gasteiger partial charge in [0.2, 0.25) is 15.9 Å². The zero-order valence-corrected chi connectivity index (χ0v) is 16.9. The number of benzene rings is 2. The van der Waals surface area contributed by atoms with E-state index in [-0.39, 0.29) is 22.8 Å². The van der Waals surface area contributed by atoms with Crippen LogP contribution in [0.1, 0.15) is 37.3 Å². The summed E-state index contributed by atoms with van der Waals surface area (Å²) in [4.78, 5) is 14.5. The number of amides is 1. The number of anilines is 1. The van der Waals surface area contributed by atoms with Gasteiger partial charge in [-0.3, -0.25) is 4.79 Å². The maximum atomic E-state index is 12.8. The standard InChI is InChI=1S/C22H26N2O3S/c1-16(7-8-17-5-3-2-4-6-17)23-28(26,27)20-11-12-21-19(15-20)13-14-24(21)22(25)18-9-10-18/h2-6,11-12,15-16,18,23H,7-10,13-14H2,1H3. The molecule has 0 saturated heterocycles. The summed E-state index contributed by atoms with van der Waals surface area (Å²) in [6.07, 6.45) is 4.22. The van der Waals surface area contributed by atoms with Crippen molar-refractivity contribution in [2.24, 2.45) is 5.92 Å². The van der Waals surface area contributed by atoms with E-state index >= 15 is 0 Å². The van der Waals surface area contributed by atoms with Crippen molar-refractivity contribution in [3.05, 3.63) is 59.7 Å². The van der Waals surface area contributed by atoms with E-state index in [4.69, 9.17) is 0 Å². The summed E-state index contributed by atoms with van der Waals surface area (Å²) in [7, 11) is -3.58. The monoisotopic (exact) mass is 398 g/mol. The fourth-order valence-electron chi connectivity index (χ4n) is 3.74. The molecule has 2 aliphatic rings. The van der Waals surface area contributed by atoms with E-state index in [2.05, 4.69) is 16.9 Å². The van der Waals surface area contributed by atoms with Gasteiger partial charge in [0.15, 0.2) is 0 Å². The van der Waals surface area contributed by atoms with E-state index in [1.165, 1.54) is 5.56 Å². The highest BCUT2D eigenvalue weighted by Crippen LogP contribution is 2.37. The first-order valence-corrected chi connectivity index (χ1v) is 11.4. The Labute approximate surface area is 166 Å². The first-order chi connectivity index (χ1) is 13.4. The maximum absolute atomic E-state index is 12.8. The van der Waals surface area contributed by atoms with Gasteiger partial charge in [0, 0.05) is 24.2 Å². The fraction of sp³-hybridized carbons (Fsp3) is 0.409. The van der Waals surface area contributed by atoms with Crippen LogP contribution in [0.4, 0.5) is 5.69 Å². The number of hydrogen-bond donors (Lipinski definition) is 1. The third-order valence-electron chi connectivity index (χ3n) is 5.51. The van der Waals surface area contributed by atoms with Gasteiger partial charge in [-0.05, 0) is 68.4 Å². The minimum Gasteiger partial charge on any atom is -0.312 e. The van der Waals surface area contributed by atoms with Crippen molar-refractivity contribution in [3.8, 4) is 0 Å². The van der Waals surface area contributed by atoms with Gasteiger partial charge in [-0.15, -0.1) is 0 Å². The molecule has 1 fully saturated rings. The molecule has 1 unspecified atom stereocenters. The highest BCUT2D eigenvalue weighted by atomic mass is 32.2. The highest BCUT2D eigenvalue weighted by molar-refractivity contribution is 7.89. The molecule has 2 aromatic carbocycles. The third kappa shape index (κ3) is 4.13. The first kappa shape index (κ1) is 19.2. The van der Waals surface area contributed by atoms with Crippen LogP contribution >= 0.6 is 0 Å². The molecule has 28 heavy (non-hydrogen) atoms. The molecular weight excluding hydrogens is 372 g/mol. The second-order valence-electron chi connectivity index (χ2n) is 7.85. The van der Waals surface area contributed by atoms with Crippen molar-refractivity contribution in [3.63, 3.8) is 0 Å². The number of nitrogens with zero attached hydrogens (tertiary/aromatic N) is 1. The number of aryl methyl sites for hydroxylation is 1. The number of nitrogens with one attached hydrogen (secondary N) is 1. The Balaban J connectivity index is 1.42. The van der Waals surface area contributed by atoms with E-state index in [1.807, 2.05) is 30.0 Å². The summed E-state index contributed by atoms with van der Waals surface area (Å²) in [5.74, 6) is 0.350. The largest absolute Gasteiger partial charge is 0.312 e. The molecule has 0 spiro atoms. The topological polar surface area (TPSA) is 66.5 Å². The summed E-state index contributed by atoms with van der Waals surface area (Å²) < 4.78 is 28.4. The van der Waals surface area contributed by atoms with Crippen LogP contribution in [0.5, 0.6) is 0 Å². The summed E-state index contributed by atoms with van der Waals surface area (Å²) in [6, 6.07) is 15.0. The van der Waals surface area contributed by atoms with Crippen molar-refractivity contribution in [1.82, 2.24) is 4.72 Å². The fourth-order valence-corrected chi connectivity index (χ4v) is 5.07. The van der Waals surface area contributed by atoms with Crippen LogP contribution in [-0.2, 0) is 27.7 Å². The van der Waals surface area contributed by atoms with Crippen LogP contribution < -0.4 is 9.62 Å². The number of sulfonamides is 1. The van der Waals surface area contributed by atoms with E-state index in [0.29, 0.717) is 13.0 Å². The van der Waals surface area contributed by atoms with Gasteiger partial charge in [-0.1, -0.05) is 30.3 Å². The van der Waals surface area contributed by atoms with Crippen LogP contribution in [0, 0.1) is 5.92 Å². The second kappa shape index (κ2) is 7.68. The van der Waals surface area contributed by atoms with Gasteiger partial charge in [0.25, 0.3) is 0 Å². The molecule has 4 rings (SSSR count). The predicted octanol–water partition coefficient (Wildman–Crippen LogP) is 3.29. The Bertz CT molecular complexity index is 969. The average molecular weight is 399 g/mol. The second-order valence-corrected chi connectivity index (χ2v) is 9.57. The highest BCUT2D eigenvalue weighted by Gasteiger charge is 2.36. The lowest BCUT2D eigenvalue weighted by Crippen LogP contribution is -2.33. The number of rotatable bonds is 7. The smallest absolute Gasteiger partial charge is 0.240 e. The molecule has 0 radical (unpaired) electrons. The maximum Gasteiger partial charge on any atom is 0.240 e. The molecule has 1 heterocycles. The molecule has 2 aromatic rings. The number of carbonyl (C=O) groups is 1. The van der Waals surface area contributed by atoms with E-state index < -0.39 is 10.0 Å². The Kier molecular flexibility index (Phi) is 5.25. The summed E-state index contributed by atoms with van der Waals surface area (Å²) in [6.45, 7) is 2.54. The summed E-state index contributed by atoms with van der Waals surface area (Å²) in [5.41, 5.74) is 3.01. The normalized spacial score (nSPS) is 17.4. The Morgan fingerprint density at radius 1 is 1.18 bits per heavy atom. The van der Waals surface area contributed by atoms with Crippen LogP contribution in [0.15, 0.2) is 53.4 Å². The molecular formula is C22H26N2O3S. The molecule has 0 aromatic heterocycles. The van der Waals surface area contributed by atoms with Gasteiger partial charge in [0.1, 0.15) is 0 Å². The van der Waals surface area contributed by atoms with Crippen LogP contribution in [-0.4, -0.2) is 26.9 Å². The number of carbonyl (C=O) groups excluding carboxylic acids is 1. The average Bonchev–Trinajstić information content (AvgIpc) is 3.45. The SMILES string of the molecule is CC(CCc1ccccc1)NS(=O)(=O)c1ccc2c(c1)CCN2C(=O)C1CC1. The van der Waals surface area contributed by atoms with E-state index in [1.54, 1.807) is 18.2 Å². The number of hydrogen-bond acceptors (Lipinski definition) is 3. The Morgan fingerprint density at radius 2 is 1.93 bits per heavy atom. The zero-order chi connectivity index (χ0) is 19.7. The van der Waals surface area contributed by atoms with Gasteiger partial charge in [-0.25, -0.2) is 13.1 Å². The Morgan fingerprint density at radius 3 is 2.64 bits per heavy atom. The molecule has 6 heteroatoms. The molecule has 0 bridgehead atoms. The van der Waals surface area contributed by atoms with Crippen molar-refractivity contribution in [2.45, 2.75) is 50.0 Å². The third-order valence-corrected chi connectivity index (χ3v) is 7.10. The predicted molar refractivity (Wildman–Crippen MR) is 110 cm³/mol. The molecule has 148 valence electrons. The van der Waals surface area contributed by atoms with Crippen LogP contribution in [0.2, 0.25) is 0 Å². The molecule has 1 saturated carbocycles. The lowest BCUT2D eigenvalue weighted by Gasteiger charge is -2.18. The van der Waals surface area contributed by atoms with Gasteiger partial charge < -0.3 is 4.90 Å². The minimum absolute atomic E-state index is 0.161. The Hall–Kier alpha value is -2.18. The van der Waals surface area contributed by atoms with Crippen LogP contribution in [0.3, 0.4) is 0 Å².